The summed E-state index contributed by atoms with van der Waals surface area (Å²) >= 11 is 0. The van der Waals surface area contributed by atoms with Gasteiger partial charge in [0.25, 0.3) is 0 Å². The minimum atomic E-state index is -0.0906. The van der Waals surface area contributed by atoms with Crippen molar-refractivity contribution >= 4 is 0 Å². The average Bonchev–Trinajstić information content (AvgIpc) is 2.37. The van der Waals surface area contributed by atoms with Gasteiger partial charge in [-0.3, -0.25) is 0 Å². The van der Waals surface area contributed by atoms with Crippen LogP contribution in [0, 0.1) is 20.8 Å². The van der Waals surface area contributed by atoms with Crippen molar-refractivity contribution in [1.82, 2.24) is 0 Å². The predicted molar refractivity (Wildman–Crippen MR) is 81.0 cm³/mol. The summed E-state index contributed by atoms with van der Waals surface area (Å²) in [6, 6.07) is 12.5. The Hall–Kier alpha value is -1.64. The highest BCUT2D eigenvalue weighted by atomic mass is 14.6. The zero-order valence-electron chi connectivity index (χ0n) is 11.9. The van der Waals surface area contributed by atoms with E-state index >= 15 is 0 Å². The summed E-state index contributed by atoms with van der Waals surface area (Å²) in [7, 11) is 0. The van der Waals surface area contributed by atoms with Gasteiger partial charge in [0.2, 0.25) is 0 Å². The monoisotopic (exact) mass is 254 g/mol. The fourth-order valence-corrected chi connectivity index (χ4v) is 2.76. The van der Waals surface area contributed by atoms with Gasteiger partial charge in [-0.1, -0.05) is 42.0 Å². The molecule has 0 aromatic heterocycles. The Morgan fingerprint density at radius 2 is 1.63 bits per heavy atom. The average molecular weight is 254 g/mol. The van der Waals surface area contributed by atoms with Crippen LogP contribution in [-0.2, 0) is 6.54 Å². The Labute approximate surface area is 115 Å². The first-order valence-corrected chi connectivity index (χ1v) is 6.65. The molecule has 0 fully saturated rings. The summed E-state index contributed by atoms with van der Waals surface area (Å²) in [5.74, 6) is 0. The highest BCUT2D eigenvalue weighted by molar-refractivity contribution is 5.44. The number of rotatable bonds is 3. The standard InChI is InChI=1S/C17H22N2/c1-11-7-12(2)16(13(3)8-11)17(19)15-6-4-5-14(9-15)10-18/h4-9,17H,10,18-19H2,1-3H3. The molecular weight excluding hydrogens is 232 g/mol. The van der Waals surface area contributed by atoms with Crippen molar-refractivity contribution in [2.75, 3.05) is 0 Å². The van der Waals surface area contributed by atoms with E-state index in [4.69, 9.17) is 11.5 Å². The Bertz CT molecular complexity index is 565. The summed E-state index contributed by atoms with van der Waals surface area (Å²) in [6.45, 7) is 6.92. The van der Waals surface area contributed by atoms with E-state index in [1.165, 1.54) is 22.3 Å². The van der Waals surface area contributed by atoms with E-state index in [0.29, 0.717) is 6.54 Å². The van der Waals surface area contributed by atoms with Gasteiger partial charge in [-0.25, -0.2) is 0 Å². The molecule has 0 amide bonds. The first-order valence-electron chi connectivity index (χ1n) is 6.65. The topological polar surface area (TPSA) is 52.0 Å². The minimum absolute atomic E-state index is 0.0906. The molecule has 100 valence electrons. The second-order valence-corrected chi connectivity index (χ2v) is 5.24. The van der Waals surface area contributed by atoms with Crippen molar-refractivity contribution in [3.63, 3.8) is 0 Å². The molecule has 0 aliphatic rings. The Kier molecular flexibility index (Phi) is 4.03. The lowest BCUT2D eigenvalue weighted by atomic mass is 9.90. The third kappa shape index (κ3) is 2.86. The highest BCUT2D eigenvalue weighted by Crippen LogP contribution is 2.27. The van der Waals surface area contributed by atoms with Gasteiger partial charge in [0.1, 0.15) is 0 Å². The van der Waals surface area contributed by atoms with Crippen LogP contribution in [0.5, 0.6) is 0 Å². The molecule has 1 atom stereocenters. The lowest BCUT2D eigenvalue weighted by Crippen LogP contribution is -2.15. The van der Waals surface area contributed by atoms with Crippen molar-refractivity contribution in [1.29, 1.82) is 0 Å². The SMILES string of the molecule is Cc1cc(C)c(C(N)c2cccc(CN)c2)c(C)c1. The molecule has 0 saturated carbocycles. The van der Waals surface area contributed by atoms with Gasteiger partial charge < -0.3 is 11.5 Å². The molecule has 0 aliphatic heterocycles. The number of hydrogen-bond donors (Lipinski definition) is 2. The van der Waals surface area contributed by atoms with Gasteiger partial charge >= 0.3 is 0 Å². The molecule has 0 radical (unpaired) electrons. The van der Waals surface area contributed by atoms with Crippen LogP contribution < -0.4 is 11.5 Å². The smallest absolute Gasteiger partial charge is 0.0556 e. The minimum Gasteiger partial charge on any atom is -0.326 e. The molecule has 0 heterocycles. The fraction of sp³-hybridized carbons (Fsp3) is 0.294. The second-order valence-electron chi connectivity index (χ2n) is 5.24. The highest BCUT2D eigenvalue weighted by Gasteiger charge is 2.14. The van der Waals surface area contributed by atoms with E-state index in [0.717, 1.165) is 11.1 Å². The number of hydrogen-bond acceptors (Lipinski definition) is 2. The maximum atomic E-state index is 6.45. The lowest BCUT2D eigenvalue weighted by molar-refractivity contribution is 0.846. The van der Waals surface area contributed by atoms with Crippen LogP contribution in [0.3, 0.4) is 0 Å². The van der Waals surface area contributed by atoms with Crippen LogP contribution in [0.2, 0.25) is 0 Å². The summed E-state index contributed by atoms with van der Waals surface area (Å²) in [5.41, 5.74) is 19.4. The molecule has 4 N–H and O–H groups in total. The quantitative estimate of drug-likeness (QED) is 0.884. The Balaban J connectivity index is 2.46. The van der Waals surface area contributed by atoms with Crippen molar-refractivity contribution in [3.8, 4) is 0 Å². The summed E-state index contributed by atoms with van der Waals surface area (Å²) in [6.07, 6.45) is 0. The second kappa shape index (κ2) is 5.55. The van der Waals surface area contributed by atoms with Crippen LogP contribution in [0.4, 0.5) is 0 Å². The zero-order valence-corrected chi connectivity index (χ0v) is 11.9. The summed E-state index contributed by atoms with van der Waals surface area (Å²) < 4.78 is 0. The van der Waals surface area contributed by atoms with Crippen LogP contribution in [0.25, 0.3) is 0 Å². The molecule has 1 unspecified atom stereocenters. The molecule has 19 heavy (non-hydrogen) atoms. The molecular formula is C17H22N2. The van der Waals surface area contributed by atoms with Crippen molar-refractivity contribution in [2.45, 2.75) is 33.4 Å². The molecule has 2 aromatic carbocycles. The maximum absolute atomic E-state index is 6.45. The zero-order chi connectivity index (χ0) is 14.0. The van der Waals surface area contributed by atoms with E-state index in [1.807, 2.05) is 12.1 Å². The van der Waals surface area contributed by atoms with Gasteiger partial charge in [-0.2, -0.15) is 0 Å². The lowest BCUT2D eigenvalue weighted by Gasteiger charge is -2.19. The van der Waals surface area contributed by atoms with Gasteiger partial charge in [-0.15, -0.1) is 0 Å². The molecule has 0 spiro atoms. The third-order valence-electron chi connectivity index (χ3n) is 3.59. The van der Waals surface area contributed by atoms with Gasteiger partial charge in [-0.05, 0) is 48.6 Å². The molecule has 0 saturated heterocycles. The Morgan fingerprint density at radius 3 is 2.21 bits per heavy atom. The molecule has 2 nitrogen and oxygen atoms in total. The number of benzene rings is 2. The molecule has 0 bridgehead atoms. The van der Waals surface area contributed by atoms with Crippen LogP contribution in [0.15, 0.2) is 36.4 Å². The van der Waals surface area contributed by atoms with E-state index in [2.05, 4.69) is 45.0 Å². The van der Waals surface area contributed by atoms with Crippen LogP contribution in [-0.4, -0.2) is 0 Å². The van der Waals surface area contributed by atoms with Gasteiger partial charge in [0, 0.05) is 6.54 Å². The van der Waals surface area contributed by atoms with Crippen LogP contribution >= 0.6 is 0 Å². The third-order valence-corrected chi connectivity index (χ3v) is 3.59. The molecule has 2 aromatic rings. The Morgan fingerprint density at radius 1 is 1.00 bits per heavy atom. The largest absolute Gasteiger partial charge is 0.326 e. The number of aryl methyl sites for hydroxylation is 3. The maximum Gasteiger partial charge on any atom is 0.0556 e. The normalized spacial score (nSPS) is 12.5. The van der Waals surface area contributed by atoms with E-state index in [9.17, 15) is 0 Å². The summed E-state index contributed by atoms with van der Waals surface area (Å²) in [5, 5.41) is 0. The number of nitrogens with two attached hydrogens (primary N) is 2. The summed E-state index contributed by atoms with van der Waals surface area (Å²) in [4.78, 5) is 0. The van der Waals surface area contributed by atoms with Crippen molar-refractivity contribution in [2.24, 2.45) is 11.5 Å². The van der Waals surface area contributed by atoms with Gasteiger partial charge in [0.05, 0.1) is 6.04 Å². The molecule has 0 aliphatic carbocycles. The van der Waals surface area contributed by atoms with Crippen LogP contribution in [0.1, 0.15) is 39.4 Å². The van der Waals surface area contributed by atoms with E-state index in [-0.39, 0.29) is 6.04 Å². The van der Waals surface area contributed by atoms with Crippen molar-refractivity contribution < 1.29 is 0 Å². The molecule has 2 rings (SSSR count). The fourth-order valence-electron chi connectivity index (χ4n) is 2.76. The van der Waals surface area contributed by atoms with E-state index < -0.39 is 0 Å². The predicted octanol–water partition coefficient (Wildman–Crippen LogP) is 3.12. The first kappa shape index (κ1) is 13.8. The van der Waals surface area contributed by atoms with Crippen molar-refractivity contribution in [3.05, 3.63) is 69.8 Å². The first-order chi connectivity index (χ1) is 9.02. The molecule has 2 heteroatoms. The van der Waals surface area contributed by atoms with Gasteiger partial charge in [0.15, 0.2) is 0 Å². The van der Waals surface area contributed by atoms with E-state index in [1.54, 1.807) is 0 Å².